The van der Waals surface area contributed by atoms with Gasteiger partial charge in [0.2, 0.25) is 0 Å². The zero-order chi connectivity index (χ0) is 24.8. The van der Waals surface area contributed by atoms with Gasteiger partial charge in [-0.3, -0.25) is 0 Å². The molecule has 0 aliphatic rings. The summed E-state index contributed by atoms with van der Waals surface area (Å²) in [5.74, 6) is 1.60. The lowest BCUT2D eigenvalue weighted by atomic mass is 10.2. The normalized spacial score (nSPS) is 10.4. The van der Waals surface area contributed by atoms with Crippen LogP contribution in [0.15, 0.2) is 48.5 Å². The fourth-order valence-electron chi connectivity index (χ4n) is 3.42. The number of benzene rings is 2. The van der Waals surface area contributed by atoms with Crippen molar-refractivity contribution in [3.8, 4) is 11.5 Å². The highest BCUT2D eigenvalue weighted by molar-refractivity contribution is 5.74. The average Bonchev–Trinajstić information content (AvgIpc) is 2.86. The highest BCUT2D eigenvalue weighted by Crippen LogP contribution is 2.13. The van der Waals surface area contributed by atoms with E-state index in [1.807, 2.05) is 48.5 Å². The van der Waals surface area contributed by atoms with Gasteiger partial charge < -0.3 is 29.9 Å². The van der Waals surface area contributed by atoms with Gasteiger partial charge in [0, 0.05) is 40.3 Å². The van der Waals surface area contributed by atoms with Crippen LogP contribution in [0.2, 0.25) is 0 Å². The molecular weight excluding hydrogens is 432 g/mol. The van der Waals surface area contributed by atoms with E-state index in [-0.39, 0.29) is 12.1 Å². The molecule has 0 radical (unpaired) electrons. The second-order valence-electron chi connectivity index (χ2n) is 8.29. The zero-order valence-corrected chi connectivity index (χ0v) is 20.8. The summed E-state index contributed by atoms with van der Waals surface area (Å²) in [6.45, 7) is 2.37. The molecule has 2 aromatic rings. The van der Waals surface area contributed by atoms with Crippen molar-refractivity contribution < 1.29 is 19.1 Å². The number of hydrogen-bond donors (Lipinski definition) is 2. The Hall–Kier alpha value is -3.42. The van der Waals surface area contributed by atoms with Crippen LogP contribution in [-0.2, 0) is 13.1 Å². The highest BCUT2D eigenvalue weighted by Gasteiger charge is 2.09. The van der Waals surface area contributed by atoms with E-state index >= 15 is 0 Å². The number of nitrogens with one attached hydrogen (secondary N) is 2. The number of nitrogens with zero attached hydrogens (tertiary/aromatic N) is 2. The van der Waals surface area contributed by atoms with Crippen LogP contribution in [0.1, 0.15) is 36.8 Å². The Morgan fingerprint density at radius 2 is 1.00 bits per heavy atom. The molecule has 0 saturated heterocycles. The van der Waals surface area contributed by atoms with Crippen LogP contribution in [0.5, 0.6) is 11.5 Å². The number of ether oxygens (including phenoxy) is 2. The van der Waals surface area contributed by atoms with Crippen molar-refractivity contribution in [2.45, 2.75) is 38.8 Å². The third kappa shape index (κ3) is 9.60. The number of unbranched alkanes of at least 4 members (excludes halogenated alkanes) is 3. The van der Waals surface area contributed by atoms with Crippen molar-refractivity contribution in [1.29, 1.82) is 0 Å². The van der Waals surface area contributed by atoms with Gasteiger partial charge in [-0.2, -0.15) is 0 Å². The van der Waals surface area contributed by atoms with Crippen LogP contribution in [0, 0.1) is 0 Å². The van der Waals surface area contributed by atoms with Gasteiger partial charge in [0.05, 0.1) is 14.2 Å². The Kier molecular flexibility index (Phi) is 11.6. The molecule has 2 aromatic carbocycles. The summed E-state index contributed by atoms with van der Waals surface area (Å²) in [6.07, 6.45) is 3.82. The Morgan fingerprint density at radius 1 is 0.647 bits per heavy atom. The van der Waals surface area contributed by atoms with Crippen LogP contribution in [0.3, 0.4) is 0 Å². The van der Waals surface area contributed by atoms with E-state index < -0.39 is 0 Å². The second kappa shape index (κ2) is 14.7. The van der Waals surface area contributed by atoms with Crippen LogP contribution < -0.4 is 20.1 Å². The quantitative estimate of drug-likeness (QED) is 0.429. The van der Waals surface area contributed by atoms with E-state index in [4.69, 9.17) is 9.47 Å². The summed E-state index contributed by atoms with van der Waals surface area (Å²) in [5, 5.41) is 5.92. The van der Waals surface area contributed by atoms with Crippen LogP contribution in [-0.4, -0.2) is 63.3 Å². The summed E-state index contributed by atoms with van der Waals surface area (Å²) in [5.41, 5.74) is 2.10. The zero-order valence-electron chi connectivity index (χ0n) is 20.8. The molecule has 8 heteroatoms. The largest absolute Gasteiger partial charge is 0.497 e. The maximum absolute atomic E-state index is 12.2. The molecule has 0 spiro atoms. The SMILES string of the molecule is COc1ccc(CN(C)C(=O)NCCCCCCNC(=O)N(C)Cc2ccc(OC)cc2)cc1. The number of rotatable bonds is 13. The molecule has 8 nitrogen and oxygen atoms in total. The van der Waals surface area contributed by atoms with E-state index in [1.54, 1.807) is 38.1 Å². The Labute approximate surface area is 203 Å². The van der Waals surface area contributed by atoms with Crippen molar-refractivity contribution in [2.75, 3.05) is 41.4 Å². The summed E-state index contributed by atoms with van der Waals surface area (Å²) >= 11 is 0. The fourth-order valence-corrected chi connectivity index (χ4v) is 3.42. The molecular formula is C26H38N4O4. The van der Waals surface area contributed by atoms with E-state index in [0.717, 1.165) is 48.3 Å². The van der Waals surface area contributed by atoms with Gasteiger partial charge in [-0.15, -0.1) is 0 Å². The Bertz CT molecular complexity index is 798. The lowest BCUT2D eigenvalue weighted by Crippen LogP contribution is -2.37. The molecule has 34 heavy (non-hydrogen) atoms. The molecule has 186 valence electrons. The lowest BCUT2D eigenvalue weighted by Gasteiger charge is -2.18. The number of hydrogen-bond acceptors (Lipinski definition) is 4. The van der Waals surface area contributed by atoms with Crippen molar-refractivity contribution >= 4 is 12.1 Å². The first-order valence-corrected chi connectivity index (χ1v) is 11.7. The summed E-state index contributed by atoms with van der Waals surface area (Å²) in [6, 6.07) is 15.2. The van der Waals surface area contributed by atoms with Crippen LogP contribution in [0.4, 0.5) is 9.59 Å². The summed E-state index contributed by atoms with van der Waals surface area (Å²) in [4.78, 5) is 27.8. The molecule has 0 saturated carbocycles. The predicted octanol–water partition coefficient (Wildman–Crippen LogP) is 4.25. The smallest absolute Gasteiger partial charge is 0.317 e. The molecule has 2 N–H and O–H groups in total. The van der Waals surface area contributed by atoms with Crippen molar-refractivity contribution in [1.82, 2.24) is 20.4 Å². The molecule has 4 amide bonds. The minimum Gasteiger partial charge on any atom is -0.497 e. The van der Waals surface area contributed by atoms with Crippen LogP contribution >= 0.6 is 0 Å². The molecule has 0 fully saturated rings. The van der Waals surface area contributed by atoms with Gasteiger partial charge in [-0.1, -0.05) is 37.1 Å². The Balaban J connectivity index is 1.51. The standard InChI is InChI=1S/C26H38N4O4/c1-29(19-21-9-13-23(33-3)14-10-21)25(31)27-17-7-5-6-8-18-28-26(32)30(2)20-22-11-15-24(34-4)16-12-22/h9-16H,5-8,17-20H2,1-4H3,(H,27,31)(H,28,32). The van der Waals surface area contributed by atoms with E-state index in [9.17, 15) is 9.59 Å². The second-order valence-corrected chi connectivity index (χ2v) is 8.29. The van der Waals surface area contributed by atoms with Crippen molar-refractivity contribution in [3.05, 3.63) is 59.7 Å². The Morgan fingerprint density at radius 3 is 1.32 bits per heavy atom. The molecule has 0 aliphatic heterocycles. The van der Waals surface area contributed by atoms with E-state index in [1.165, 1.54) is 0 Å². The van der Waals surface area contributed by atoms with Crippen molar-refractivity contribution in [3.63, 3.8) is 0 Å². The van der Waals surface area contributed by atoms with Gasteiger partial charge in [-0.05, 0) is 48.2 Å². The highest BCUT2D eigenvalue weighted by atomic mass is 16.5. The van der Waals surface area contributed by atoms with Gasteiger partial charge >= 0.3 is 12.1 Å². The lowest BCUT2D eigenvalue weighted by molar-refractivity contribution is 0.205. The minimum absolute atomic E-state index is 0.0806. The van der Waals surface area contributed by atoms with Crippen LogP contribution in [0.25, 0.3) is 0 Å². The maximum Gasteiger partial charge on any atom is 0.317 e. The number of methoxy groups -OCH3 is 2. The monoisotopic (exact) mass is 470 g/mol. The first-order valence-electron chi connectivity index (χ1n) is 11.7. The first kappa shape index (κ1) is 26.8. The average molecular weight is 471 g/mol. The fraction of sp³-hybridized carbons (Fsp3) is 0.462. The number of amides is 4. The van der Waals surface area contributed by atoms with Gasteiger partial charge in [0.25, 0.3) is 0 Å². The van der Waals surface area contributed by atoms with Gasteiger partial charge in [0.1, 0.15) is 11.5 Å². The number of urea groups is 2. The van der Waals surface area contributed by atoms with Crippen molar-refractivity contribution in [2.24, 2.45) is 0 Å². The summed E-state index contributed by atoms with van der Waals surface area (Å²) < 4.78 is 10.3. The summed E-state index contributed by atoms with van der Waals surface area (Å²) in [7, 11) is 6.84. The maximum atomic E-state index is 12.2. The molecule has 0 unspecified atom stereocenters. The number of carbonyl (C=O) groups excluding carboxylic acids is 2. The third-order valence-corrected chi connectivity index (χ3v) is 5.51. The first-order chi connectivity index (χ1) is 16.4. The van der Waals surface area contributed by atoms with Gasteiger partial charge in [0.15, 0.2) is 0 Å². The number of carbonyl (C=O) groups is 2. The molecule has 2 rings (SSSR count). The molecule has 0 aliphatic carbocycles. The molecule has 0 aromatic heterocycles. The van der Waals surface area contributed by atoms with Gasteiger partial charge in [-0.25, -0.2) is 9.59 Å². The predicted molar refractivity (Wildman–Crippen MR) is 134 cm³/mol. The topological polar surface area (TPSA) is 83.1 Å². The molecule has 0 heterocycles. The van der Waals surface area contributed by atoms with E-state index in [2.05, 4.69) is 10.6 Å². The molecule has 0 atom stereocenters. The van der Waals surface area contributed by atoms with E-state index in [0.29, 0.717) is 26.2 Å². The minimum atomic E-state index is -0.0806. The third-order valence-electron chi connectivity index (χ3n) is 5.51. The molecule has 0 bridgehead atoms.